The van der Waals surface area contributed by atoms with E-state index in [9.17, 15) is 4.39 Å². The van der Waals surface area contributed by atoms with Crippen molar-refractivity contribution < 1.29 is 4.39 Å². The van der Waals surface area contributed by atoms with E-state index >= 15 is 0 Å². The van der Waals surface area contributed by atoms with Gasteiger partial charge in [-0.3, -0.25) is 4.90 Å². The number of hydrogen-bond donors (Lipinski definition) is 1. The number of hydrogen-bond acceptors (Lipinski definition) is 3. The standard InChI is InChI=1S/C17H28FN3/c1-5-8-19-17(14-7-6-13(2)15(18)11-14)16-12-20(3)9-10-21(16)4/h6-7,11,16-17,19H,5,8-10,12H2,1-4H3. The number of halogens is 1. The zero-order valence-electron chi connectivity index (χ0n) is 13.7. The lowest BCUT2D eigenvalue weighted by atomic mass is 9.95. The van der Waals surface area contributed by atoms with E-state index in [0.29, 0.717) is 11.6 Å². The fraction of sp³-hybridized carbons (Fsp3) is 0.647. The summed E-state index contributed by atoms with van der Waals surface area (Å²) in [5.74, 6) is -0.109. The molecule has 0 radical (unpaired) electrons. The van der Waals surface area contributed by atoms with Gasteiger partial charge in [-0.05, 0) is 51.2 Å². The van der Waals surface area contributed by atoms with Gasteiger partial charge in [0.2, 0.25) is 0 Å². The number of piperazine rings is 1. The van der Waals surface area contributed by atoms with E-state index in [1.807, 2.05) is 13.0 Å². The van der Waals surface area contributed by atoms with Crippen LogP contribution in [0.1, 0.15) is 30.5 Å². The third-order valence-corrected chi connectivity index (χ3v) is 4.45. The highest BCUT2D eigenvalue weighted by Crippen LogP contribution is 2.25. The van der Waals surface area contributed by atoms with Gasteiger partial charge < -0.3 is 10.2 Å². The second-order valence-corrected chi connectivity index (χ2v) is 6.25. The molecule has 0 bridgehead atoms. The van der Waals surface area contributed by atoms with Crippen molar-refractivity contribution in [3.05, 3.63) is 35.1 Å². The molecule has 0 aliphatic carbocycles. The first kappa shape index (κ1) is 16.4. The van der Waals surface area contributed by atoms with Crippen LogP contribution in [0.3, 0.4) is 0 Å². The molecule has 3 nitrogen and oxygen atoms in total. The fourth-order valence-electron chi connectivity index (χ4n) is 2.98. The summed E-state index contributed by atoms with van der Waals surface area (Å²) < 4.78 is 14.0. The zero-order chi connectivity index (χ0) is 15.4. The summed E-state index contributed by atoms with van der Waals surface area (Å²) in [6.07, 6.45) is 1.08. The molecule has 1 N–H and O–H groups in total. The van der Waals surface area contributed by atoms with Crippen molar-refractivity contribution >= 4 is 0 Å². The highest BCUT2D eigenvalue weighted by atomic mass is 19.1. The Labute approximate surface area is 128 Å². The van der Waals surface area contributed by atoms with E-state index in [2.05, 4.69) is 42.2 Å². The highest BCUT2D eigenvalue weighted by molar-refractivity contribution is 5.27. The van der Waals surface area contributed by atoms with Crippen LogP contribution in [0.2, 0.25) is 0 Å². The molecule has 4 heteroatoms. The van der Waals surface area contributed by atoms with E-state index in [4.69, 9.17) is 0 Å². The van der Waals surface area contributed by atoms with Crippen LogP contribution in [-0.2, 0) is 0 Å². The van der Waals surface area contributed by atoms with Crippen LogP contribution >= 0.6 is 0 Å². The molecule has 2 rings (SSSR count). The van der Waals surface area contributed by atoms with E-state index in [0.717, 1.165) is 38.2 Å². The average Bonchev–Trinajstić information content (AvgIpc) is 2.46. The molecule has 118 valence electrons. The largest absolute Gasteiger partial charge is 0.309 e. The Bertz CT molecular complexity index is 463. The fourth-order valence-corrected chi connectivity index (χ4v) is 2.98. The monoisotopic (exact) mass is 293 g/mol. The Morgan fingerprint density at radius 3 is 2.76 bits per heavy atom. The topological polar surface area (TPSA) is 18.5 Å². The summed E-state index contributed by atoms with van der Waals surface area (Å²) in [5.41, 5.74) is 1.76. The van der Waals surface area contributed by atoms with Crippen molar-refractivity contribution in [1.29, 1.82) is 0 Å². The summed E-state index contributed by atoms with van der Waals surface area (Å²) in [4.78, 5) is 4.75. The Morgan fingerprint density at radius 1 is 1.33 bits per heavy atom. The smallest absolute Gasteiger partial charge is 0.126 e. The molecule has 1 aromatic rings. The van der Waals surface area contributed by atoms with E-state index in [1.54, 1.807) is 6.07 Å². The maximum absolute atomic E-state index is 14.0. The molecule has 2 atom stereocenters. The lowest BCUT2D eigenvalue weighted by Crippen LogP contribution is -2.55. The average molecular weight is 293 g/mol. The van der Waals surface area contributed by atoms with Gasteiger partial charge in [-0.15, -0.1) is 0 Å². The number of rotatable bonds is 5. The molecule has 0 amide bonds. The Hall–Kier alpha value is -0.970. The summed E-state index contributed by atoms with van der Waals surface area (Å²) in [7, 11) is 4.33. The predicted molar refractivity (Wildman–Crippen MR) is 86.1 cm³/mol. The molecule has 1 aliphatic rings. The first-order valence-electron chi connectivity index (χ1n) is 7.91. The number of benzene rings is 1. The van der Waals surface area contributed by atoms with Crippen molar-refractivity contribution in [3.63, 3.8) is 0 Å². The van der Waals surface area contributed by atoms with Crippen molar-refractivity contribution in [1.82, 2.24) is 15.1 Å². The van der Waals surface area contributed by atoms with Crippen LogP contribution < -0.4 is 5.32 Å². The van der Waals surface area contributed by atoms with Crippen molar-refractivity contribution in [2.75, 3.05) is 40.3 Å². The molecule has 1 aromatic carbocycles. The normalized spacial score (nSPS) is 22.4. The molecule has 1 saturated heterocycles. The quantitative estimate of drug-likeness (QED) is 0.899. The first-order valence-corrected chi connectivity index (χ1v) is 7.91. The van der Waals surface area contributed by atoms with Gasteiger partial charge in [0.1, 0.15) is 5.82 Å². The lowest BCUT2D eigenvalue weighted by molar-refractivity contribution is 0.0875. The van der Waals surface area contributed by atoms with Crippen LogP contribution in [0.25, 0.3) is 0 Å². The summed E-state index contributed by atoms with van der Waals surface area (Å²) >= 11 is 0. The third-order valence-electron chi connectivity index (χ3n) is 4.45. The Kier molecular flexibility index (Phi) is 5.73. The van der Waals surface area contributed by atoms with Gasteiger partial charge >= 0.3 is 0 Å². The third kappa shape index (κ3) is 4.02. The van der Waals surface area contributed by atoms with Crippen LogP contribution in [0.15, 0.2) is 18.2 Å². The van der Waals surface area contributed by atoms with Gasteiger partial charge in [-0.25, -0.2) is 4.39 Å². The number of nitrogens with zero attached hydrogens (tertiary/aromatic N) is 2. The second-order valence-electron chi connectivity index (χ2n) is 6.25. The van der Waals surface area contributed by atoms with Gasteiger partial charge in [0.05, 0.1) is 0 Å². The number of nitrogens with one attached hydrogen (secondary N) is 1. The molecular weight excluding hydrogens is 265 g/mol. The molecular formula is C17H28FN3. The first-order chi connectivity index (χ1) is 10.0. The molecule has 1 aliphatic heterocycles. The van der Waals surface area contributed by atoms with Crippen LogP contribution in [0.4, 0.5) is 4.39 Å². The number of aryl methyl sites for hydroxylation is 1. The lowest BCUT2D eigenvalue weighted by Gasteiger charge is -2.42. The summed E-state index contributed by atoms with van der Waals surface area (Å²) in [6, 6.07) is 6.20. The predicted octanol–water partition coefficient (Wildman–Crippen LogP) is 2.42. The van der Waals surface area contributed by atoms with Crippen LogP contribution in [-0.4, -0.2) is 56.1 Å². The van der Waals surface area contributed by atoms with Crippen molar-refractivity contribution in [2.45, 2.75) is 32.4 Å². The molecule has 1 heterocycles. The van der Waals surface area contributed by atoms with E-state index in [-0.39, 0.29) is 11.9 Å². The van der Waals surface area contributed by atoms with Gasteiger partial charge in [0, 0.05) is 31.7 Å². The molecule has 21 heavy (non-hydrogen) atoms. The minimum absolute atomic E-state index is 0.109. The zero-order valence-corrected chi connectivity index (χ0v) is 13.7. The second kappa shape index (κ2) is 7.34. The number of likely N-dealkylation sites (N-methyl/N-ethyl adjacent to an activating group) is 2. The van der Waals surface area contributed by atoms with Crippen LogP contribution in [0.5, 0.6) is 0 Å². The van der Waals surface area contributed by atoms with Gasteiger partial charge in [-0.1, -0.05) is 19.1 Å². The molecule has 2 unspecified atom stereocenters. The minimum Gasteiger partial charge on any atom is -0.309 e. The molecule has 1 fully saturated rings. The van der Waals surface area contributed by atoms with E-state index in [1.165, 1.54) is 0 Å². The van der Waals surface area contributed by atoms with Gasteiger partial charge in [0.15, 0.2) is 0 Å². The minimum atomic E-state index is -0.109. The highest BCUT2D eigenvalue weighted by Gasteiger charge is 2.30. The van der Waals surface area contributed by atoms with Gasteiger partial charge in [0.25, 0.3) is 0 Å². The SMILES string of the molecule is CCCNC(c1ccc(C)c(F)c1)C1CN(C)CCN1C. The molecule has 0 aromatic heterocycles. The summed E-state index contributed by atoms with van der Waals surface area (Å²) in [6.45, 7) is 8.09. The summed E-state index contributed by atoms with van der Waals surface area (Å²) in [5, 5.41) is 3.62. The van der Waals surface area contributed by atoms with Gasteiger partial charge in [-0.2, -0.15) is 0 Å². The Morgan fingerprint density at radius 2 is 2.10 bits per heavy atom. The van der Waals surface area contributed by atoms with Crippen LogP contribution in [0, 0.1) is 12.7 Å². The van der Waals surface area contributed by atoms with E-state index < -0.39 is 0 Å². The Balaban J connectivity index is 2.25. The molecule has 0 saturated carbocycles. The van der Waals surface area contributed by atoms with Crippen molar-refractivity contribution in [3.8, 4) is 0 Å². The van der Waals surface area contributed by atoms with Crippen molar-refractivity contribution in [2.24, 2.45) is 0 Å². The maximum Gasteiger partial charge on any atom is 0.126 e. The molecule has 0 spiro atoms. The maximum atomic E-state index is 14.0.